The SMILES string of the molecule is CC(=O)CC(C(=O)O)C(=O)O.N#Cc1ccc(-c2ccccc2)cc1. The van der Waals surface area contributed by atoms with E-state index < -0.39 is 30.1 Å². The molecule has 25 heavy (non-hydrogen) atoms. The van der Waals surface area contributed by atoms with Gasteiger partial charge in [-0.25, -0.2) is 0 Å². The average molecular weight is 339 g/mol. The Labute approximate surface area is 145 Å². The fraction of sp³-hybridized carbons (Fsp3) is 0.158. The minimum Gasteiger partial charge on any atom is -0.481 e. The van der Waals surface area contributed by atoms with Crippen LogP contribution < -0.4 is 0 Å². The van der Waals surface area contributed by atoms with E-state index in [2.05, 4.69) is 18.2 Å². The van der Waals surface area contributed by atoms with Crippen LogP contribution in [-0.4, -0.2) is 27.9 Å². The van der Waals surface area contributed by atoms with Crippen molar-refractivity contribution >= 4 is 17.7 Å². The minimum absolute atomic E-state index is 0.445. The van der Waals surface area contributed by atoms with Gasteiger partial charge < -0.3 is 10.2 Å². The van der Waals surface area contributed by atoms with Gasteiger partial charge in [0.15, 0.2) is 5.92 Å². The van der Waals surface area contributed by atoms with E-state index in [1.807, 2.05) is 42.5 Å². The summed E-state index contributed by atoms with van der Waals surface area (Å²) in [6, 6.07) is 19.8. The number of nitriles is 1. The van der Waals surface area contributed by atoms with Crippen LogP contribution in [0.5, 0.6) is 0 Å². The predicted octanol–water partition coefficient (Wildman–Crippen LogP) is 2.98. The first-order chi connectivity index (χ1) is 11.8. The van der Waals surface area contributed by atoms with E-state index in [9.17, 15) is 14.4 Å². The van der Waals surface area contributed by atoms with E-state index in [4.69, 9.17) is 15.5 Å². The summed E-state index contributed by atoms with van der Waals surface area (Å²) in [6.45, 7) is 1.15. The highest BCUT2D eigenvalue weighted by Crippen LogP contribution is 2.18. The van der Waals surface area contributed by atoms with Gasteiger partial charge in [0.05, 0.1) is 11.6 Å². The maximum absolute atomic E-state index is 10.3. The summed E-state index contributed by atoms with van der Waals surface area (Å²) in [5.74, 6) is -5.01. The second-order valence-electron chi connectivity index (χ2n) is 5.19. The van der Waals surface area contributed by atoms with Crippen molar-refractivity contribution in [3.63, 3.8) is 0 Å². The Morgan fingerprint density at radius 2 is 1.40 bits per heavy atom. The number of carboxylic acid groups (broad SMARTS) is 2. The lowest BCUT2D eigenvalue weighted by Crippen LogP contribution is -2.25. The lowest BCUT2D eigenvalue weighted by molar-refractivity contribution is -0.156. The van der Waals surface area contributed by atoms with Gasteiger partial charge in [0.2, 0.25) is 0 Å². The monoisotopic (exact) mass is 339 g/mol. The third-order valence-corrected chi connectivity index (χ3v) is 3.21. The van der Waals surface area contributed by atoms with Crippen LogP contribution in [0.25, 0.3) is 11.1 Å². The van der Waals surface area contributed by atoms with Crippen LogP contribution in [0.1, 0.15) is 18.9 Å². The Kier molecular flexibility index (Phi) is 7.54. The van der Waals surface area contributed by atoms with Crippen molar-refractivity contribution in [1.29, 1.82) is 5.26 Å². The molecule has 0 fully saturated rings. The zero-order valence-electron chi connectivity index (χ0n) is 13.5. The molecule has 2 aromatic rings. The summed E-state index contributed by atoms with van der Waals surface area (Å²) in [7, 11) is 0. The number of aliphatic carboxylic acids is 2. The van der Waals surface area contributed by atoms with Gasteiger partial charge in [-0.15, -0.1) is 0 Å². The number of carboxylic acids is 2. The highest BCUT2D eigenvalue weighted by atomic mass is 16.4. The molecule has 0 aliphatic rings. The molecule has 0 saturated carbocycles. The first-order valence-corrected chi connectivity index (χ1v) is 7.35. The molecular formula is C19H17NO5. The topological polar surface area (TPSA) is 115 Å². The molecule has 0 aliphatic carbocycles. The van der Waals surface area contributed by atoms with Crippen LogP contribution >= 0.6 is 0 Å². The van der Waals surface area contributed by atoms with Crippen LogP contribution in [0.4, 0.5) is 0 Å². The molecule has 0 spiro atoms. The lowest BCUT2D eigenvalue weighted by atomic mass is 10.0. The van der Waals surface area contributed by atoms with E-state index in [0.717, 1.165) is 12.5 Å². The van der Waals surface area contributed by atoms with Crippen LogP contribution in [0, 0.1) is 17.2 Å². The first-order valence-electron chi connectivity index (χ1n) is 7.35. The summed E-state index contributed by atoms with van der Waals surface area (Å²) in [5.41, 5.74) is 3.02. The summed E-state index contributed by atoms with van der Waals surface area (Å²) >= 11 is 0. The van der Waals surface area contributed by atoms with Crippen molar-refractivity contribution in [3.05, 3.63) is 60.2 Å². The molecule has 0 saturated heterocycles. The van der Waals surface area contributed by atoms with Gasteiger partial charge >= 0.3 is 11.9 Å². The molecule has 6 nitrogen and oxygen atoms in total. The number of hydrogen-bond acceptors (Lipinski definition) is 4. The van der Waals surface area contributed by atoms with Crippen molar-refractivity contribution in [2.45, 2.75) is 13.3 Å². The smallest absolute Gasteiger partial charge is 0.318 e. The summed E-state index contributed by atoms with van der Waals surface area (Å²) < 4.78 is 0. The third-order valence-electron chi connectivity index (χ3n) is 3.21. The molecule has 128 valence electrons. The predicted molar refractivity (Wildman–Crippen MR) is 90.7 cm³/mol. The number of hydrogen-bond donors (Lipinski definition) is 2. The summed E-state index contributed by atoms with van der Waals surface area (Å²) in [6.07, 6.45) is -0.454. The third kappa shape index (κ3) is 6.67. The number of benzene rings is 2. The quantitative estimate of drug-likeness (QED) is 0.809. The van der Waals surface area contributed by atoms with Gasteiger partial charge in [-0.1, -0.05) is 42.5 Å². The maximum Gasteiger partial charge on any atom is 0.318 e. The summed E-state index contributed by atoms with van der Waals surface area (Å²) in [5, 5.41) is 25.2. The van der Waals surface area contributed by atoms with Crippen molar-refractivity contribution in [3.8, 4) is 17.2 Å². The van der Waals surface area contributed by atoms with Crippen LogP contribution in [0.15, 0.2) is 54.6 Å². The van der Waals surface area contributed by atoms with E-state index in [1.54, 1.807) is 0 Å². The van der Waals surface area contributed by atoms with Crippen LogP contribution in [0.2, 0.25) is 0 Å². The second-order valence-corrected chi connectivity index (χ2v) is 5.19. The molecule has 0 heterocycles. The Bertz CT molecular complexity index is 762. The minimum atomic E-state index is -1.60. The number of carbonyl (C=O) groups excluding carboxylic acids is 1. The molecule has 6 heteroatoms. The number of nitrogens with zero attached hydrogens (tertiary/aromatic N) is 1. The van der Waals surface area contributed by atoms with Gasteiger partial charge in [0.25, 0.3) is 0 Å². The van der Waals surface area contributed by atoms with Gasteiger partial charge in [-0.2, -0.15) is 5.26 Å². The largest absolute Gasteiger partial charge is 0.481 e. The standard InChI is InChI=1S/C13H9N.C6H8O5/c14-10-11-6-8-13(9-7-11)12-4-2-1-3-5-12;1-3(7)2-4(5(8)9)6(10)11/h1-9H;4H,2H2,1H3,(H,8,9)(H,10,11). The Morgan fingerprint density at radius 1 is 0.920 bits per heavy atom. The number of Topliss-reactive ketones (excluding diaryl/α,β-unsaturated/α-hetero) is 1. The lowest BCUT2D eigenvalue weighted by Gasteiger charge is -2.02. The van der Waals surface area contributed by atoms with E-state index in [0.29, 0.717) is 5.56 Å². The first kappa shape index (κ1) is 19.6. The zero-order valence-corrected chi connectivity index (χ0v) is 13.5. The van der Waals surface area contributed by atoms with Crippen LogP contribution in [-0.2, 0) is 14.4 Å². The van der Waals surface area contributed by atoms with Crippen LogP contribution in [0.3, 0.4) is 0 Å². The maximum atomic E-state index is 10.3. The second kappa shape index (κ2) is 9.63. The zero-order chi connectivity index (χ0) is 18.8. The van der Waals surface area contributed by atoms with E-state index in [1.165, 1.54) is 5.56 Å². The number of rotatable bonds is 5. The van der Waals surface area contributed by atoms with Gasteiger partial charge in [-0.05, 0) is 30.2 Å². The van der Waals surface area contributed by atoms with Crippen molar-refractivity contribution < 1.29 is 24.6 Å². The highest BCUT2D eigenvalue weighted by molar-refractivity contribution is 5.97. The van der Waals surface area contributed by atoms with E-state index in [-0.39, 0.29) is 0 Å². The Balaban J connectivity index is 0.000000260. The molecule has 0 atom stereocenters. The van der Waals surface area contributed by atoms with Crippen molar-refractivity contribution in [2.75, 3.05) is 0 Å². The van der Waals surface area contributed by atoms with E-state index >= 15 is 0 Å². The molecule has 2 rings (SSSR count). The van der Waals surface area contributed by atoms with Gasteiger partial charge in [-0.3, -0.25) is 14.4 Å². The number of ketones is 1. The molecular weight excluding hydrogens is 322 g/mol. The van der Waals surface area contributed by atoms with Crippen molar-refractivity contribution in [2.24, 2.45) is 5.92 Å². The average Bonchev–Trinajstić information content (AvgIpc) is 2.60. The highest BCUT2D eigenvalue weighted by Gasteiger charge is 2.26. The Hall–Kier alpha value is -3.46. The fourth-order valence-corrected chi connectivity index (χ4v) is 1.94. The molecule has 0 radical (unpaired) electrons. The normalized spacial score (nSPS) is 9.48. The molecule has 0 aliphatic heterocycles. The Morgan fingerprint density at radius 3 is 1.76 bits per heavy atom. The molecule has 2 N–H and O–H groups in total. The molecule has 0 aromatic heterocycles. The molecule has 0 unspecified atom stereocenters. The molecule has 2 aromatic carbocycles. The summed E-state index contributed by atoms with van der Waals surface area (Å²) in [4.78, 5) is 30.6. The fourth-order valence-electron chi connectivity index (χ4n) is 1.94. The molecule has 0 amide bonds. The van der Waals surface area contributed by atoms with Gasteiger partial charge in [0, 0.05) is 6.42 Å². The van der Waals surface area contributed by atoms with Gasteiger partial charge in [0.1, 0.15) is 5.78 Å². The molecule has 0 bridgehead atoms. The van der Waals surface area contributed by atoms with Crippen molar-refractivity contribution in [1.82, 2.24) is 0 Å². The number of carbonyl (C=O) groups is 3.